The minimum Gasteiger partial charge on any atom is -0.331 e. The average Bonchev–Trinajstić information content (AvgIpc) is 3.06. The van der Waals surface area contributed by atoms with Crippen LogP contribution in [0.1, 0.15) is 36.6 Å². The van der Waals surface area contributed by atoms with Crippen LogP contribution in [0.15, 0.2) is 42.6 Å². The van der Waals surface area contributed by atoms with E-state index in [0.717, 1.165) is 5.56 Å². The third-order valence-corrected chi connectivity index (χ3v) is 4.52. The molecule has 0 spiro atoms. The molecule has 2 aromatic heterocycles. The van der Waals surface area contributed by atoms with E-state index in [-0.39, 0.29) is 12.5 Å². The molecule has 1 aromatic carbocycles. The Kier molecular flexibility index (Phi) is 3.82. The molecule has 2 atom stereocenters. The van der Waals surface area contributed by atoms with E-state index >= 15 is 0 Å². The fourth-order valence-electron chi connectivity index (χ4n) is 2.95. The van der Waals surface area contributed by atoms with Gasteiger partial charge in [-0.2, -0.15) is 5.10 Å². The fourth-order valence-corrected chi connectivity index (χ4v) is 2.95. The largest absolute Gasteiger partial charge is 0.331 e. The zero-order chi connectivity index (χ0) is 18.3. The zero-order valence-corrected chi connectivity index (χ0v) is 14.0. The lowest BCUT2D eigenvalue weighted by molar-refractivity contribution is 0.111. The van der Waals surface area contributed by atoms with Crippen molar-refractivity contribution in [3.05, 3.63) is 53.9 Å². The Morgan fingerprint density at radius 3 is 2.77 bits per heavy atom. The number of aromatic nitrogens is 3. The first-order valence-corrected chi connectivity index (χ1v) is 8.28. The number of nitrogens with one attached hydrogen (secondary N) is 3. The number of nitrogens with zero attached hydrogens (tertiary/aromatic N) is 2. The van der Waals surface area contributed by atoms with E-state index in [4.69, 9.17) is 0 Å². The highest BCUT2D eigenvalue weighted by molar-refractivity contribution is 5.91. The molecule has 26 heavy (non-hydrogen) atoms. The number of alkyl halides is 2. The summed E-state index contributed by atoms with van der Waals surface area (Å²) in [4.78, 5) is 16.3. The second-order valence-electron chi connectivity index (χ2n) is 6.47. The highest BCUT2D eigenvalue weighted by Gasteiger charge is 2.59. The van der Waals surface area contributed by atoms with Gasteiger partial charge in [0.25, 0.3) is 5.92 Å². The van der Waals surface area contributed by atoms with Gasteiger partial charge in [-0.25, -0.2) is 18.6 Å². The van der Waals surface area contributed by atoms with E-state index in [0.29, 0.717) is 22.4 Å². The number of pyridine rings is 1. The molecule has 4 rings (SSSR count). The van der Waals surface area contributed by atoms with Gasteiger partial charge in [0.05, 0.1) is 23.2 Å². The summed E-state index contributed by atoms with van der Waals surface area (Å²) in [6.45, 7) is 1.88. The Balaban J connectivity index is 1.45. The predicted molar refractivity (Wildman–Crippen MR) is 93.2 cm³/mol. The second-order valence-corrected chi connectivity index (χ2v) is 6.47. The summed E-state index contributed by atoms with van der Waals surface area (Å²) in [7, 11) is 0. The third kappa shape index (κ3) is 3.10. The zero-order valence-electron chi connectivity index (χ0n) is 14.0. The number of halogens is 2. The summed E-state index contributed by atoms with van der Waals surface area (Å²) in [6.07, 6.45) is 1.27. The van der Waals surface area contributed by atoms with Gasteiger partial charge in [-0.05, 0) is 12.5 Å². The molecule has 6 nitrogen and oxygen atoms in total. The normalized spacial score (nSPS) is 19.1. The van der Waals surface area contributed by atoms with E-state index < -0.39 is 17.9 Å². The van der Waals surface area contributed by atoms with Gasteiger partial charge in [-0.15, -0.1) is 0 Å². The lowest BCUT2D eigenvalue weighted by atomic mass is 10.1. The van der Waals surface area contributed by atoms with Gasteiger partial charge in [0.15, 0.2) is 0 Å². The predicted octanol–water partition coefficient (Wildman–Crippen LogP) is 3.96. The van der Waals surface area contributed by atoms with Crippen LogP contribution in [0.3, 0.4) is 0 Å². The molecule has 1 unspecified atom stereocenters. The molecule has 8 heteroatoms. The van der Waals surface area contributed by atoms with Gasteiger partial charge in [-0.3, -0.25) is 10.4 Å². The van der Waals surface area contributed by atoms with E-state index in [1.807, 2.05) is 37.3 Å². The maximum absolute atomic E-state index is 13.3. The molecule has 0 radical (unpaired) electrons. The first kappa shape index (κ1) is 16.4. The quantitative estimate of drug-likeness (QED) is 0.661. The minimum absolute atomic E-state index is 0.171. The van der Waals surface area contributed by atoms with Crippen LogP contribution < -0.4 is 10.6 Å². The number of hydrogen-bond acceptors (Lipinski definition) is 3. The third-order valence-electron chi connectivity index (χ3n) is 4.52. The summed E-state index contributed by atoms with van der Waals surface area (Å²) in [5.74, 6) is -3.23. The van der Waals surface area contributed by atoms with Crippen LogP contribution in [0.5, 0.6) is 0 Å². The smallest absolute Gasteiger partial charge is 0.320 e. The van der Waals surface area contributed by atoms with Crippen LogP contribution in [-0.2, 0) is 0 Å². The molecule has 1 fully saturated rings. The van der Waals surface area contributed by atoms with Crippen LogP contribution in [-0.4, -0.2) is 27.1 Å². The first-order valence-electron chi connectivity index (χ1n) is 8.28. The molecular weight excluding hydrogens is 340 g/mol. The van der Waals surface area contributed by atoms with Crippen LogP contribution in [0.2, 0.25) is 0 Å². The Morgan fingerprint density at radius 2 is 2.08 bits per heavy atom. The highest BCUT2D eigenvalue weighted by Crippen LogP contribution is 2.56. The molecule has 0 aliphatic heterocycles. The number of H-pyrrole nitrogens is 1. The SMILES string of the molecule is C[C@@H](NC(=O)Nc1cc2[nH]nc(C3CC3(F)F)c2cn1)c1ccccc1. The maximum Gasteiger partial charge on any atom is 0.320 e. The average molecular weight is 357 g/mol. The van der Waals surface area contributed by atoms with E-state index in [2.05, 4.69) is 25.8 Å². The standard InChI is InChI=1S/C18H17F2N5O/c1-10(11-5-3-2-4-6-11)22-17(26)23-15-7-14-12(9-21-15)16(25-24-14)13-8-18(13,19)20/h2-7,9-10,13H,8H2,1H3,(H,24,25)(H2,21,22,23,26)/t10-,13?/m1/s1. The fraction of sp³-hybridized carbons (Fsp3) is 0.278. The van der Waals surface area contributed by atoms with Gasteiger partial charge in [0, 0.05) is 24.1 Å². The molecule has 3 N–H and O–H groups in total. The summed E-state index contributed by atoms with van der Waals surface area (Å²) in [5, 5.41) is 12.7. The van der Waals surface area contributed by atoms with Crippen molar-refractivity contribution in [1.82, 2.24) is 20.5 Å². The van der Waals surface area contributed by atoms with Gasteiger partial charge in [0.2, 0.25) is 0 Å². The number of aromatic amines is 1. The summed E-state index contributed by atoms with van der Waals surface area (Å²) in [5.41, 5.74) is 1.87. The molecule has 134 valence electrons. The highest BCUT2D eigenvalue weighted by atomic mass is 19.3. The Bertz CT molecular complexity index is 957. The Morgan fingerprint density at radius 1 is 1.35 bits per heavy atom. The number of rotatable bonds is 4. The van der Waals surface area contributed by atoms with Gasteiger partial charge in [-0.1, -0.05) is 30.3 Å². The number of urea groups is 1. The number of carbonyl (C=O) groups excluding carboxylic acids is 1. The number of carbonyl (C=O) groups is 1. The van der Waals surface area contributed by atoms with Crippen LogP contribution >= 0.6 is 0 Å². The summed E-state index contributed by atoms with van der Waals surface area (Å²) >= 11 is 0. The number of benzene rings is 1. The van der Waals surface area contributed by atoms with Crippen LogP contribution in [0.4, 0.5) is 19.4 Å². The topological polar surface area (TPSA) is 82.7 Å². The van der Waals surface area contributed by atoms with Gasteiger partial charge >= 0.3 is 6.03 Å². The van der Waals surface area contributed by atoms with Crippen LogP contribution in [0.25, 0.3) is 10.9 Å². The maximum atomic E-state index is 13.3. The van der Waals surface area contributed by atoms with Crippen molar-refractivity contribution in [1.29, 1.82) is 0 Å². The van der Waals surface area contributed by atoms with Crippen molar-refractivity contribution in [2.45, 2.75) is 31.2 Å². The lowest BCUT2D eigenvalue weighted by Crippen LogP contribution is -2.31. The minimum atomic E-state index is -2.69. The van der Waals surface area contributed by atoms with Crippen molar-refractivity contribution >= 4 is 22.8 Å². The second kappa shape index (κ2) is 6.05. The van der Waals surface area contributed by atoms with Crippen molar-refractivity contribution < 1.29 is 13.6 Å². The molecule has 1 saturated carbocycles. The monoisotopic (exact) mass is 357 g/mol. The Labute approximate surface area is 148 Å². The van der Waals surface area contributed by atoms with Gasteiger partial charge in [0.1, 0.15) is 5.82 Å². The molecular formula is C18H17F2N5O. The van der Waals surface area contributed by atoms with Crippen LogP contribution in [0, 0.1) is 0 Å². The summed E-state index contributed by atoms with van der Waals surface area (Å²) in [6, 6.07) is 10.6. The van der Waals surface area contributed by atoms with E-state index in [1.165, 1.54) is 6.20 Å². The Hall–Kier alpha value is -3.03. The van der Waals surface area contributed by atoms with Crippen molar-refractivity contribution in [2.75, 3.05) is 5.32 Å². The molecule has 3 aromatic rings. The molecule has 0 bridgehead atoms. The molecule has 1 aliphatic rings. The van der Waals surface area contributed by atoms with Crippen molar-refractivity contribution in [3.63, 3.8) is 0 Å². The number of amides is 2. The summed E-state index contributed by atoms with van der Waals surface area (Å²) < 4.78 is 26.5. The number of anilines is 1. The number of fused-ring (bicyclic) bond motifs is 1. The van der Waals surface area contributed by atoms with Crippen molar-refractivity contribution in [3.8, 4) is 0 Å². The van der Waals surface area contributed by atoms with E-state index in [9.17, 15) is 13.6 Å². The first-order chi connectivity index (χ1) is 12.4. The molecule has 2 heterocycles. The number of hydrogen-bond donors (Lipinski definition) is 3. The lowest BCUT2D eigenvalue weighted by Gasteiger charge is -2.14. The molecule has 2 amide bonds. The van der Waals surface area contributed by atoms with Crippen molar-refractivity contribution in [2.24, 2.45) is 0 Å². The molecule has 0 saturated heterocycles. The molecule has 1 aliphatic carbocycles. The van der Waals surface area contributed by atoms with Gasteiger partial charge < -0.3 is 5.32 Å². The van der Waals surface area contributed by atoms with E-state index in [1.54, 1.807) is 6.07 Å².